The van der Waals surface area contributed by atoms with Crippen LogP contribution in [0.2, 0.25) is 0 Å². The maximum atomic E-state index is 12.3. The molecule has 5 atom stereocenters. The molecule has 6 nitrogen and oxygen atoms in total. The molecule has 28 heavy (non-hydrogen) atoms. The van der Waals surface area contributed by atoms with Crippen LogP contribution < -0.4 is 0 Å². The molecule has 2 unspecified atom stereocenters. The minimum absolute atomic E-state index is 0.294. The van der Waals surface area contributed by atoms with Gasteiger partial charge in [-0.3, -0.25) is 0 Å². The van der Waals surface area contributed by atoms with E-state index in [1.165, 1.54) is 0 Å². The van der Waals surface area contributed by atoms with Crippen molar-refractivity contribution in [2.75, 3.05) is 6.61 Å². The highest BCUT2D eigenvalue weighted by molar-refractivity contribution is 5.91. The van der Waals surface area contributed by atoms with Crippen molar-refractivity contribution in [3.63, 3.8) is 0 Å². The lowest BCUT2D eigenvalue weighted by Crippen LogP contribution is -2.42. The molecule has 0 radical (unpaired) electrons. The van der Waals surface area contributed by atoms with Crippen LogP contribution in [0.5, 0.6) is 0 Å². The van der Waals surface area contributed by atoms with Crippen LogP contribution in [0.4, 0.5) is 0 Å². The van der Waals surface area contributed by atoms with Crippen molar-refractivity contribution in [2.45, 2.75) is 64.6 Å². The van der Waals surface area contributed by atoms with Crippen molar-refractivity contribution in [1.29, 1.82) is 0 Å². The summed E-state index contributed by atoms with van der Waals surface area (Å²) in [7, 11) is 0. The highest BCUT2D eigenvalue weighted by Crippen LogP contribution is 2.44. The Kier molecular flexibility index (Phi) is 5.64. The van der Waals surface area contributed by atoms with Gasteiger partial charge in [0.1, 0.15) is 18.3 Å². The molecule has 1 fully saturated rings. The lowest BCUT2D eigenvalue weighted by atomic mass is 9.83. The van der Waals surface area contributed by atoms with Gasteiger partial charge in [0.2, 0.25) is 5.79 Å². The molecular formula is C22H28O6. The predicted molar refractivity (Wildman–Crippen MR) is 103 cm³/mol. The number of hydrogen-bond acceptors (Lipinski definition) is 6. The third kappa shape index (κ3) is 3.71. The quantitative estimate of drug-likeness (QED) is 0.408. The Bertz CT molecular complexity index is 776. The normalized spacial score (nSPS) is 36.3. The summed E-state index contributed by atoms with van der Waals surface area (Å²) in [4.78, 5) is 24.6. The van der Waals surface area contributed by atoms with E-state index >= 15 is 0 Å². The molecule has 0 spiro atoms. The monoisotopic (exact) mass is 388 g/mol. The van der Waals surface area contributed by atoms with Crippen molar-refractivity contribution < 1.29 is 28.5 Å². The molecule has 2 bridgehead atoms. The third-order valence-corrected chi connectivity index (χ3v) is 5.26. The molecule has 0 N–H and O–H groups in total. The van der Waals surface area contributed by atoms with Gasteiger partial charge < -0.3 is 18.9 Å². The number of carbonyl (C=O) groups is 2. The Morgan fingerprint density at radius 2 is 2.07 bits per heavy atom. The zero-order chi connectivity index (χ0) is 20.6. The van der Waals surface area contributed by atoms with E-state index < -0.39 is 42.0 Å². The van der Waals surface area contributed by atoms with Crippen molar-refractivity contribution >= 4 is 11.9 Å². The first-order chi connectivity index (χ1) is 13.2. The van der Waals surface area contributed by atoms with E-state index in [0.717, 1.165) is 17.6 Å². The summed E-state index contributed by atoms with van der Waals surface area (Å²) in [6.07, 6.45) is 3.36. The van der Waals surface area contributed by atoms with Gasteiger partial charge in [0.25, 0.3) is 0 Å². The maximum Gasteiger partial charge on any atom is 0.334 e. The summed E-state index contributed by atoms with van der Waals surface area (Å²) in [6, 6.07) is 0. The molecule has 0 aromatic rings. The largest absolute Gasteiger partial charge is 0.458 e. The smallest absolute Gasteiger partial charge is 0.334 e. The maximum absolute atomic E-state index is 12.3. The SMILES string of the molecule is C=C(C)C(=O)O[C@H]1C/C(C)=C/C2(OCCC)C=C(C)C(O2)[C@H]2OC(=O)C(=C)[C@H]12. The van der Waals surface area contributed by atoms with Gasteiger partial charge in [0, 0.05) is 17.6 Å². The minimum Gasteiger partial charge on any atom is -0.458 e. The van der Waals surface area contributed by atoms with Gasteiger partial charge in [-0.1, -0.05) is 25.7 Å². The first-order valence-corrected chi connectivity index (χ1v) is 9.63. The Labute approximate surface area is 165 Å². The van der Waals surface area contributed by atoms with Crippen LogP contribution in [0, 0.1) is 5.92 Å². The molecular weight excluding hydrogens is 360 g/mol. The second-order valence-electron chi connectivity index (χ2n) is 7.84. The lowest BCUT2D eigenvalue weighted by Gasteiger charge is -2.31. The first-order valence-electron chi connectivity index (χ1n) is 9.63. The van der Waals surface area contributed by atoms with Gasteiger partial charge in [-0.2, -0.15) is 0 Å². The van der Waals surface area contributed by atoms with Crippen LogP contribution >= 0.6 is 0 Å². The molecule has 0 aromatic heterocycles. The molecule has 0 amide bonds. The fourth-order valence-corrected chi connectivity index (χ4v) is 4.00. The van der Waals surface area contributed by atoms with E-state index in [-0.39, 0.29) is 0 Å². The standard InChI is InChI=1S/C22H28O6/c1-7-8-25-22-10-13(4)9-16(26-20(23)12(2)3)17-15(6)21(24)27-19(17)18(28-22)14(5)11-22/h10-11,16-19H,2,6-9H2,1,3-5H3/b13-10+/t16-,17+,18?,19-,22?/m0/s1. The second kappa shape index (κ2) is 7.68. The van der Waals surface area contributed by atoms with Crippen LogP contribution in [0.15, 0.2) is 47.6 Å². The van der Waals surface area contributed by atoms with Crippen molar-refractivity contribution in [3.05, 3.63) is 47.6 Å². The average molecular weight is 388 g/mol. The number of esters is 2. The zero-order valence-electron chi connectivity index (χ0n) is 16.9. The van der Waals surface area contributed by atoms with Crippen LogP contribution in [0.3, 0.4) is 0 Å². The van der Waals surface area contributed by atoms with E-state index in [2.05, 4.69) is 13.2 Å². The highest BCUT2D eigenvalue weighted by atomic mass is 16.7. The Hall–Kier alpha value is -2.18. The van der Waals surface area contributed by atoms with E-state index in [9.17, 15) is 9.59 Å². The lowest BCUT2D eigenvalue weighted by molar-refractivity contribution is -0.200. The Balaban J connectivity index is 2.03. The number of fused-ring (bicyclic) bond motifs is 4. The van der Waals surface area contributed by atoms with Gasteiger partial charge in [-0.05, 0) is 44.9 Å². The van der Waals surface area contributed by atoms with E-state index in [1.807, 2.05) is 32.9 Å². The molecule has 152 valence electrons. The molecule has 0 aromatic carbocycles. The number of carbonyl (C=O) groups excluding carboxylic acids is 2. The molecule has 1 saturated heterocycles. The van der Waals surface area contributed by atoms with Gasteiger partial charge in [-0.25, -0.2) is 9.59 Å². The fraction of sp³-hybridized carbons (Fsp3) is 0.545. The summed E-state index contributed by atoms with van der Waals surface area (Å²) in [5.41, 5.74) is 2.42. The second-order valence-corrected chi connectivity index (χ2v) is 7.84. The fourth-order valence-electron chi connectivity index (χ4n) is 4.00. The average Bonchev–Trinajstić information content (AvgIpc) is 3.10. The number of ether oxygens (including phenoxy) is 4. The van der Waals surface area contributed by atoms with Crippen LogP contribution in [-0.4, -0.2) is 42.6 Å². The predicted octanol–water partition coefficient (Wildman–Crippen LogP) is 3.39. The van der Waals surface area contributed by atoms with Crippen LogP contribution in [0.25, 0.3) is 0 Å². The highest BCUT2D eigenvalue weighted by Gasteiger charge is 2.54. The van der Waals surface area contributed by atoms with E-state index in [0.29, 0.717) is 24.2 Å². The van der Waals surface area contributed by atoms with E-state index in [1.54, 1.807) is 6.92 Å². The number of hydrogen-bond donors (Lipinski definition) is 0. The molecule has 3 aliphatic rings. The van der Waals surface area contributed by atoms with Gasteiger partial charge in [0.05, 0.1) is 12.5 Å². The summed E-state index contributed by atoms with van der Waals surface area (Å²) in [5.74, 6) is -2.51. The molecule has 0 saturated carbocycles. The van der Waals surface area contributed by atoms with Gasteiger partial charge >= 0.3 is 11.9 Å². The topological polar surface area (TPSA) is 71.1 Å². The van der Waals surface area contributed by atoms with Crippen molar-refractivity contribution in [2.24, 2.45) is 5.92 Å². The van der Waals surface area contributed by atoms with Crippen molar-refractivity contribution in [1.82, 2.24) is 0 Å². The van der Waals surface area contributed by atoms with E-state index in [4.69, 9.17) is 18.9 Å². The third-order valence-electron chi connectivity index (χ3n) is 5.26. The summed E-state index contributed by atoms with van der Waals surface area (Å²) >= 11 is 0. The number of rotatable bonds is 5. The summed E-state index contributed by atoms with van der Waals surface area (Å²) in [6.45, 7) is 15.6. The first kappa shape index (κ1) is 20.6. The summed E-state index contributed by atoms with van der Waals surface area (Å²) < 4.78 is 23.7. The van der Waals surface area contributed by atoms with Gasteiger partial charge in [-0.15, -0.1) is 0 Å². The van der Waals surface area contributed by atoms with Crippen LogP contribution in [-0.2, 0) is 28.5 Å². The van der Waals surface area contributed by atoms with Gasteiger partial charge in [0.15, 0.2) is 0 Å². The Morgan fingerprint density at radius 3 is 2.71 bits per heavy atom. The summed E-state index contributed by atoms with van der Waals surface area (Å²) in [5, 5.41) is 0. The molecule has 0 aliphatic carbocycles. The van der Waals surface area contributed by atoms with Crippen molar-refractivity contribution in [3.8, 4) is 0 Å². The van der Waals surface area contributed by atoms with Crippen LogP contribution in [0.1, 0.15) is 40.5 Å². The zero-order valence-corrected chi connectivity index (χ0v) is 16.9. The minimum atomic E-state index is -1.01. The molecule has 3 heterocycles. The molecule has 3 aliphatic heterocycles. The Morgan fingerprint density at radius 1 is 1.36 bits per heavy atom. The molecule has 6 heteroatoms. The molecule has 3 rings (SSSR count).